The number of fused-ring (bicyclic) bond motifs is 1. The highest BCUT2D eigenvalue weighted by Crippen LogP contribution is 2.29. The van der Waals surface area contributed by atoms with Gasteiger partial charge in [-0.3, -0.25) is 10.1 Å². The molecule has 1 heterocycles. The molecule has 2 aromatic carbocycles. The summed E-state index contributed by atoms with van der Waals surface area (Å²) >= 11 is 1.38. The van der Waals surface area contributed by atoms with Crippen molar-refractivity contribution in [3.8, 4) is 11.5 Å². The molecule has 0 aliphatic carbocycles. The van der Waals surface area contributed by atoms with Crippen LogP contribution in [0.2, 0.25) is 0 Å². The van der Waals surface area contributed by atoms with Gasteiger partial charge in [0.05, 0.1) is 28.8 Å². The number of thiazole rings is 1. The van der Waals surface area contributed by atoms with Crippen molar-refractivity contribution in [3.63, 3.8) is 0 Å². The number of hydrogen-bond acceptors (Lipinski definition) is 7. The lowest BCUT2D eigenvalue weighted by Crippen LogP contribution is -2.11. The summed E-state index contributed by atoms with van der Waals surface area (Å²) in [7, 11) is 1.61. The van der Waals surface area contributed by atoms with Gasteiger partial charge in [-0.2, -0.15) is 0 Å². The van der Waals surface area contributed by atoms with Crippen LogP contribution in [0.25, 0.3) is 10.2 Å². The molecule has 3 aromatic rings. The topological polar surface area (TPSA) is 86.5 Å². The molecule has 0 aliphatic heterocycles. The van der Waals surface area contributed by atoms with Gasteiger partial charge >= 0.3 is 0 Å². The summed E-state index contributed by atoms with van der Waals surface area (Å²) in [6, 6.07) is 12.0. The highest BCUT2D eigenvalue weighted by molar-refractivity contribution is 7.22. The minimum atomic E-state index is -0.408. The first-order valence-corrected chi connectivity index (χ1v) is 8.03. The van der Waals surface area contributed by atoms with Crippen molar-refractivity contribution in [2.24, 2.45) is 0 Å². The average Bonchev–Trinajstić information content (AvgIpc) is 3.00. The molecular formula is C16H15N3O4S. The quantitative estimate of drug-likeness (QED) is 0.399. The smallest absolute Gasteiger partial charge is 0.270 e. The average molecular weight is 345 g/mol. The Morgan fingerprint density at radius 1 is 1.25 bits per heavy atom. The predicted octanol–water partition coefficient (Wildman–Crippen LogP) is 3.70. The fourth-order valence-electron chi connectivity index (χ4n) is 2.12. The number of methoxy groups -OCH3 is 1. The summed E-state index contributed by atoms with van der Waals surface area (Å²) in [4.78, 5) is 14.8. The van der Waals surface area contributed by atoms with E-state index in [1.165, 1.54) is 23.5 Å². The number of non-ortho nitro benzene ring substituents is 1. The maximum atomic E-state index is 10.8. The van der Waals surface area contributed by atoms with Crippen molar-refractivity contribution >= 4 is 32.4 Å². The van der Waals surface area contributed by atoms with Gasteiger partial charge < -0.3 is 14.8 Å². The molecule has 8 heteroatoms. The zero-order valence-electron chi connectivity index (χ0n) is 12.9. The summed E-state index contributed by atoms with van der Waals surface area (Å²) in [6.45, 7) is 1.03. The van der Waals surface area contributed by atoms with Crippen molar-refractivity contribution in [3.05, 3.63) is 52.6 Å². The standard InChI is InChI=1S/C16H15N3O4S/c1-22-12-3-2-4-13(10-12)23-8-7-17-16-18-14-6-5-11(19(20)21)9-15(14)24-16/h2-6,9-10H,7-8H2,1H3,(H,17,18). The van der Waals surface area contributed by atoms with Crippen molar-refractivity contribution < 1.29 is 14.4 Å². The Balaban J connectivity index is 1.56. The number of nitrogens with one attached hydrogen (secondary N) is 1. The molecule has 0 fully saturated rings. The number of hydrogen-bond donors (Lipinski definition) is 1. The van der Waals surface area contributed by atoms with Gasteiger partial charge in [0.25, 0.3) is 5.69 Å². The number of benzene rings is 2. The van der Waals surface area contributed by atoms with E-state index in [4.69, 9.17) is 9.47 Å². The molecule has 124 valence electrons. The van der Waals surface area contributed by atoms with E-state index in [9.17, 15) is 10.1 Å². The Kier molecular flexibility index (Phi) is 4.76. The molecule has 0 radical (unpaired) electrons. The van der Waals surface area contributed by atoms with Gasteiger partial charge in [0.15, 0.2) is 5.13 Å². The van der Waals surface area contributed by atoms with Crippen LogP contribution >= 0.6 is 11.3 Å². The second-order valence-corrected chi connectivity index (χ2v) is 5.91. The van der Waals surface area contributed by atoms with E-state index in [1.807, 2.05) is 24.3 Å². The Labute approximate surface area is 142 Å². The van der Waals surface area contributed by atoms with E-state index in [0.717, 1.165) is 21.7 Å². The predicted molar refractivity (Wildman–Crippen MR) is 93.3 cm³/mol. The van der Waals surface area contributed by atoms with Gasteiger partial charge in [0.2, 0.25) is 0 Å². The second kappa shape index (κ2) is 7.14. The molecule has 1 N–H and O–H groups in total. The fourth-order valence-corrected chi connectivity index (χ4v) is 3.04. The van der Waals surface area contributed by atoms with E-state index in [2.05, 4.69) is 10.3 Å². The van der Waals surface area contributed by atoms with Gasteiger partial charge in [0.1, 0.15) is 18.1 Å². The van der Waals surface area contributed by atoms with Gasteiger partial charge in [-0.15, -0.1) is 0 Å². The molecule has 0 amide bonds. The molecule has 0 unspecified atom stereocenters. The Bertz CT molecular complexity index is 865. The lowest BCUT2D eigenvalue weighted by Gasteiger charge is -2.07. The molecule has 0 bridgehead atoms. The largest absolute Gasteiger partial charge is 0.497 e. The first-order valence-electron chi connectivity index (χ1n) is 7.21. The summed E-state index contributed by atoms with van der Waals surface area (Å²) in [5.74, 6) is 1.48. The van der Waals surface area contributed by atoms with Crippen LogP contribution in [0.4, 0.5) is 10.8 Å². The number of nitrogens with zero attached hydrogens (tertiary/aromatic N) is 2. The number of nitro benzene ring substituents is 1. The molecule has 0 saturated heterocycles. The first kappa shape index (κ1) is 16.0. The number of anilines is 1. The number of ether oxygens (including phenoxy) is 2. The highest BCUT2D eigenvalue weighted by Gasteiger charge is 2.10. The minimum absolute atomic E-state index is 0.0686. The van der Waals surface area contributed by atoms with Crippen LogP contribution < -0.4 is 14.8 Å². The summed E-state index contributed by atoms with van der Waals surface area (Å²) in [5.41, 5.74) is 0.806. The molecule has 1 aromatic heterocycles. The van der Waals surface area contributed by atoms with Crippen molar-refractivity contribution in [1.82, 2.24) is 4.98 Å². The van der Waals surface area contributed by atoms with E-state index in [1.54, 1.807) is 13.2 Å². The van der Waals surface area contributed by atoms with Crippen LogP contribution in [0.5, 0.6) is 11.5 Å². The van der Waals surface area contributed by atoms with Crippen LogP contribution in [0.15, 0.2) is 42.5 Å². The number of rotatable bonds is 7. The van der Waals surface area contributed by atoms with Gasteiger partial charge in [-0.1, -0.05) is 17.4 Å². The molecule has 0 spiro atoms. The molecule has 0 aliphatic rings. The van der Waals surface area contributed by atoms with Gasteiger partial charge in [-0.05, 0) is 18.2 Å². The van der Waals surface area contributed by atoms with Gasteiger partial charge in [-0.25, -0.2) is 4.98 Å². The fraction of sp³-hybridized carbons (Fsp3) is 0.188. The zero-order chi connectivity index (χ0) is 16.9. The normalized spacial score (nSPS) is 10.5. The maximum Gasteiger partial charge on any atom is 0.270 e. The Hall–Kier alpha value is -2.87. The molecule has 3 rings (SSSR count). The second-order valence-electron chi connectivity index (χ2n) is 4.88. The van der Waals surface area contributed by atoms with E-state index in [0.29, 0.717) is 18.3 Å². The summed E-state index contributed by atoms with van der Waals surface area (Å²) in [5, 5.41) is 14.7. The number of aromatic nitrogens is 1. The summed E-state index contributed by atoms with van der Waals surface area (Å²) < 4.78 is 11.6. The van der Waals surface area contributed by atoms with E-state index >= 15 is 0 Å². The lowest BCUT2D eigenvalue weighted by molar-refractivity contribution is -0.384. The molecule has 24 heavy (non-hydrogen) atoms. The van der Waals surface area contributed by atoms with Crippen molar-refractivity contribution in [2.75, 3.05) is 25.6 Å². The van der Waals surface area contributed by atoms with Crippen LogP contribution in [-0.2, 0) is 0 Å². The number of nitro groups is 1. The summed E-state index contributed by atoms with van der Waals surface area (Å²) in [6.07, 6.45) is 0. The molecule has 0 saturated carbocycles. The van der Waals surface area contributed by atoms with Gasteiger partial charge in [0, 0.05) is 18.2 Å². The SMILES string of the molecule is COc1cccc(OCCNc2nc3ccc([N+](=O)[O-])cc3s2)c1. The Morgan fingerprint density at radius 2 is 2.08 bits per heavy atom. The minimum Gasteiger partial charge on any atom is -0.497 e. The molecule has 7 nitrogen and oxygen atoms in total. The Morgan fingerprint density at radius 3 is 2.88 bits per heavy atom. The monoisotopic (exact) mass is 345 g/mol. The van der Waals surface area contributed by atoms with E-state index < -0.39 is 4.92 Å². The highest BCUT2D eigenvalue weighted by atomic mass is 32.1. The van der Waals surface area contributed by atoms with Crippen molar-refractivity contribution in [1.29, 1.82) is 0 Å². The van der Waals surface area contributed by atoms with Crippen LogP contribution in [0.3, 0.4) is 0 Å². The molecule has 0 atom stereocenters. The molecular weight excluding hydrogens is 330 g/mol. The van der Waals surface area contributed by atoms with E-state index in [-0.39, 0.29) is 5.69 Å². The van der Waals surface area contributed by atoms with Crippen LogP contribution in [0, 0.1) is 10.1 Å². The first-order chi connectivity index (χ1) is 11.7. The third-order valence-corrected chi connectivity index (χ3v) is 4.25. The zero-order valence-corrected chi connectivity index (χ0v) is 13.7. The van der Waals surface area contributed by atoms with Crippen LogP contribution in [0.1, 0.15) is 0 Å². The third kappa shape index (κ3) is 3.72. The van der Waals surface area contributed by atoms with Crippen molar-refractivity contribution in [2.45, 2.75) is 0 Å². The van der Waals surface area contributed by atoms with Crippen LogP contribution in [-0.4, -0.2) is 30.2 Å². The maximum absolute atomic E-state index is 10.8. The third-order valence-electron chi connectivity index (χ3n) is 3.27. The lowest BCUT2D eigenvalue weighted by atomic mass is 10.3.